The summed E-state index contributed by atoms with van der Waals surface area (Å²) >= 11 is 1.22. The first-order chi connectivity index (χ1) is 12.3. The van der Waals surface area contributed by atoms with Crippen LogP contribution in [0.4, 0.5) is 0 Å². The van der Waals surface area contributed by atoms with Crippen LogP contribution in [0.25, 0.3) is 0 Å². The van der Waals surface area contributed by atoms with Crippen molar-refractivity contribution in [3.63, 3.8) is 0 Å². The van der Waals surface area contributed by atoms with Crippen molar-refractivity contribution in [1.29, 1.82) is 0 Å². The van der Waals surface area contributed by atoms with Gasteiger partial charge in [0.05, 0.1) is 6.10 Å². The third-order valence-electron chi connectivity index (χ3n) is 2.98. The summed E-state index contributed by atoms with van der Waals surface area (Å²) < 4.78 is 10.1. The number of aliphatic carboxylic acids is 1. The number of rotatable bonds is 11. The van der Waals surface area contributed by atoms with E-state index in [4.69, 9.17) is 14.6 Å². The van der Waals surface area contributed by atoms with Crippen LogP contribution in [0.1, 0.15) is 13.3 Å². The SMILES string of the molecule is C=CC(=O)OCC(O)COc1ccc(SC=C(CC(C)O)C(=O)O)cc1. The van der Waals surface area contributed by atoms with E-state index >= 15 is 0 Å². The van der Waals surface area contributed by atoms with Gasteiger partial charge in [-0.1, -0.05) is 18.3 Å². The monoisotopic (exact) mass is 382 g/mol. The van der Waals surface area contributed by atoms with Gasteiger partial charge in [-0.2, -0.15) is 0 Å². The Morgan fingerprint density at radius 1 is 1.23 bits per heavy atom. The second-order valence-electron chi connectivity index (χ2n) is 5.39. The summed E-state index contributed by atoms with van der Waals surface area (Å²) in [5, 5.41) is 29.5. The topological polar surface area (TPSA) is 113 Å². The quantitative estimate of drug-likeness (QED) is 0.302. The van der Waals surface area contributed by atoms with E-state index in [-0.39, 0.29) is 25.2 Å². The van der Waals surface area contributed by atoms with E-state index in [1.54, 1.807) is 24.3 Å². The zero-order valence-corrected chi connectivity index (χ0v) is 15.1. The van der Waals surface area contributed by atoms with Crippen LogP contribution in [-0.2, 0) is 14.3 Å². The van der Waals surface area contributed by atoms with E-state index < -0.39 is 24.1 Å². The molecule has 3 N–H and O–H groups in total. The molecule has 0 fully saturated rings. The fraction of sp³-hybridized carbons (Fsp3) is 0.333. The number of hydrogen-bond donors (Lipinski definition) is 3. The summed E-state index contributed by atoms with van der Waals surface area (Å²) in [6.45, 7) is 4.54. The Kier molecular flexibility index (Phi) is 9.50. The molecule has 1 aromatic carbocycles. The molecule has 0 spiro atoms. The van der Waals surface area contributed by atoms with Crippen LogP contribution in [-0.4, -0.2) is 52.7 Å². The van der Waals surface area contributed by atoms with Gasteiger partial charge in [-0.25, -0.2) is 9.59 Å². The molecule has 2 unspecified atom stereocenters. The second-order valence-corrected chi connectivity index (χ2v) is 6.33. The molecule has 0 aromatic heterocycles. The second kappa shape index (κ2) is 11.3. The number of aliphatic hydroxyl groups excluding tert-OH is 2. The van der Waals surface area contributed by atoms with Gasteiger partial charge in [0.2, 0.25) is 0 Å². The molecule has 142 valence electrons. The van der Waals surface area contributed by atoms with Crippen LogP contribution >= 0.6 is 11.8 Å². The Labute approximate surface area is 155 Å². The first kappa shape index (κ1) is 21.8. The highest BCUT2D eigenvalue weighted by molar-refractivity contribution is 8.02. The Bertz CT molecular complexity index is 637. The minimum Gasteiger partial charge on any atom is -0.491 e. The maximum Gasteiger partial charge on any atom is 0.332 e. The molecular formula is C18H22O7S. The first-order valence-electron chi connectivity index (χ1n) is 7.79. The smallest absolute Gasteiger partial charge is 0.332 e. The summed E-state index contributed by atoms with van der Waals surface area (Å²) in [5.41, 5.74) is 0.127. The molecule has 0 bridgehead atoms. The van der Waals surface area contributed by atoms with Gasteiger partial charge in [-0.15, -0.1) is 0 Å². The van der Waals surface area contributed by atoms with Crippen molar-refractivity contribution in [2.24, 2.45) is 0 Å². The Morgan fingerprint density at radius 2 is 1.88 bits per heavy atom. The maximum absolute atomic E-state index is 11.1. The normalized spacial score (nSPS) is 13.6. The number of ether oxygens (including phenoxy) is 2. The van der Waals surface area contributed by atoms with E-state index in [1.165, 1.54) is 24.1 Å². The van der Waals surface area contributed by atoms with Crippen LogP contribution in [0.3, 0.4) is 0 Å². The lowest BCUT2D eigenvalue weighted by atomic mass is 10.1. The molecule has 2 atom stereocenters. The summed E-state index contributed by atoms with van der Waals surface area (Å²) in [7, 11) is 0. The van der Waals surface area contributed by atoms with Gasteiger partial charge in [0, 0.05) is 23.0 Å². The molecule has 8 heteroatoms. The zero-order valence-electron chi connectivity index (χ0n) is 14.3. The molecule has 0 aliphatic carbocycles. The zero-order chi connectivity index (χ0) is 19.5. The minimum absolute atomic E-state index is 0.0473. The molecule has 0 amide bonds. The van der Waals surface area contributed by atoms with Gasteiger partial charge >= 0.3 is 11.9 Å². The van der Waals surface area contributed by atoms with Crippen molar-refractivity contribution >= 4 is 23.7 Å². The fourth-order valence-electron chi connectivity index (χ4n) is 1.74. The van der Waals surface area contributed by atoms with Crippen LogP contribution in [0.2, 0.25) is 0 Å². The lowest BCUT2D eigenvalue weighted by Gasteiger charge is -2.12. The number of carboxylic acids is 1. The summed E-state index contributed by atoms with van der Waals surface area (Å²) in [6.07, 6.45) is -0.617. The number of carbonyl (C=O) groups is 2. The molecular weight excluding hydrogens is 360 g/mol. The number of thioether (sulfide) groups is 1. The Hall–Kier alpha value is -2.29. The van der Waals surface area contributed by atoms with Gasteiger partial charge in [0.1, 0.15) is 25.1 Å². The van der Waals surface area contributed by atoms with Crippen molar-refractivity contribution in [1.82, 2.24) is 0 Å². The fourth-order valence-corrected chi connectivity index (χ4v) is 2.50. The number of hydrogen-bond acceptors (Lipinski definition) is 7. The van der Waals surface area contributed by atoms with Crippen LogP contribution in [0, 0.1) is 0 Å². The van der Waals surface area contributed by atoms with Crippen molar-refractivity contribution in [2.75, 3.05) is 13.2 Å². The van der Waals surface area contributed by atoms with Gasteiger partial charge in [-0.05, 0) is 36.6 Å². The third-order valence-corrected chi connectivity index (χ3v) is 3.92. The minimum atomic E-state index is -1.07. The van der Waals surface area contributed by atoms with E-state index in [0.717, 1.165) is 11.0 Å². The lowest BCUT2D eigenvalue weighted by molar-refractivity contribution is -0.141. The average molecular weight is 382 g/mol. The van der Waals surface area contributed by atoms with Gasteiger partial charge in [-0.3, -0.25) is 0 Å². The Balaban J connectivity index is 2.51. The van der Waals surface area contributed by atoms with Crippen LogP contribution in [0.5, 0.6) is 5.75 Å². The first-order valence-corrected chi connectivity index (χ1v) is 8.67. The van der Waals surface area contributed by atoms with E-state index in [2.05, 4.69) is 6.58 Å². The number of esters is 1. The summed E-state index contributed by atoms with van der Waals surface area (Å²) in [5.74, 6) is -1.17. The Morgan fingerprint density at radius 3 is 2.42 bits per heavy atom. The summed E-state index contributed by atoms with van der Waals surface area (Å²) in [6, 6.07) is 6.83. The maximum atomic E-state index is 11.1. The lowest BCUT2D eigenvalue weighted by Crippen LogP contribution is -2.24. The molecule has 0 heterocycles. The van der Waals surface area contributed by atoms with E-state index in [9.17, 15) is 19.8 Å². The van der Waals surface area contributed by atoms with Crippen molar-refractivity contribution < 1.29 is 34.4 Å². The number of carboxylic acid groups (broad SMARTS) is 1. The highest BCUT2D eigenvalue weighted by Crippen LogP contribution is 2.24. The standard InChI is InChI=1S/C18H22O7S/c1-3-17(21)25-10-14(20)9-24-15-4-6-16(7-5-15)26-11-13(18(22)23)8-12(2)19/h3-7,11-12,14,19-20H,1,8-10H2,2H3,(H,22,23). The van der Waals surface area contributed by atoms with Crippen molar-refractivity contribution in [3.05, 3.63) is 47.9 Å². The van der Waals surface area contributed by atoms with Crippen LogP contribution in [0.15, 0.2) is 52.8 Å². The molecule has 26 heavy (non-hydrogen) atoms. The number of aliphatic hydroxyl groups is 2. The predicted molar refractivity (Wildman–Crippen MR) is 97.0 cm³/mol. The van der Waals surface area contributed by atoms with Gasteiger partial charge in [0.25, 0.3) is 0 Å². The van der Waals surface area contributed by atoms with Crippen LogP contribution < -0.4 is 4.74 Å². The van der Waals surface area contributed by atoms with Gasteiger partial charge < -0.3 is 24.8 Å². The molecule has 0 saturated carbocycles. The highest BCUT2D eigenvalue weighted by atomic mass is 32.2. The van der Waals surface area contributed by atoms with Crippen molar-refractivity contribution in [3.8, 4) is 5.75 Å². The molecule has 1 rings (SSSR count). The molecule has 0 aliphatic rings. The number of carbonyl (C=O) groups excluding carboxylic acids is 1. The molecule has 7 nitrogen and oxygen atoms in total. The number of benzene rings is 1. The predicted octanol–water partition coefficient (Wildman–Crippen LogP) is 1.99. The molecule has 0 radical (unpaired) electrons. The van der Waals surface area contributed by atoms with E-state index in [1.807, 2.05) is 0 Å². The molecule has 0 saturated heterocycles. The average Bonchev–Trinajstić information content (AvgIpc) is 2.61. The summed E-state index contributed by atoms with van der Waals surface area (Å²) in [4.78, 5) is 22.8. The van der Waals surface area contributed by atoms with Crippen molar-refractivity contribution in [2.45, 2.75) is 30.4 Å². The molecule has 0 aliphatic heterocycles. The van der Waals surface area contributed by atoms with Gasteiger partial charge in [0.15, 0.2) is 0 Å². The van der Waals surface area contributed by atoms with E-state index in [0.29, 0.717) is 5.75 Å². The highest BCUT2D eigenvalue weighted by Gasteiger charge is 2.11. The molecule has 1 aromatic rings. The third kappa shape index (κ3) is 8.70. The largest absolute Gasteiger partial charge is 0.491 e.